The van der Waals surface area contributed by atoms with Gasteiger partial charge in [0.15, 0.2) is 0 Å². The zero-order chi connectivity index (χ0) is 12.6. The topological polar surface area (TPSA) is 4.93 Å². The second kappa shape index (κ2) is 7.38. The summed E-state index contributed by atoms with van der Waals surface area (Å²) in [7, 11) is -0.214. The lowest BCUT2D eigenvalue weighted by molar-refractivity contribution is 0.704. The third kappa shape index (κ3) is 3.71. The Balaban J connectivity index is 2.05. The van der Waals surface area contributed by atoms with Crippen LogP contribution < -0.4 is 5.30 Å². The first-order chi connectivity index (χ1) is 8.92. The van der Waals surface area contributed by atoms with Gasteiger partial charge in [0.1, 0.15) is 0 Å². The van der Waals surface area contributed by atoms with Gasteiger partial charge in [-0.25, -0.2) is 0 Å². The molecule has 0 N–H and O–H groups in total. The molecule has 96 valence electrons. The van der Waals surface area contributed by atoms with Gasteiger partial charge in [0.25, 0.3) is 0 Å². The monoisotopic (exact) mass is 259 g/mol. The molecule has 2 heteroatoms. The van der Waals surface area contributed by atoms with E-state index in [1.165, 1.54) is 37.1 Å². The fourth-order valence-corrected chi connectivity index (χ4v) is 4.42. The maximum atomic E-state index is 2.40. The molecule has 1 atom stereocenters. The van der Waals surface area contributed by atoms with Crippen LogP contribution in [-0.2, 0) is 0 Å². The van der Waals surface area contributed by atoms with Gasteiger partial charge >= 0.3 is 0 Å². The Labute approximate surface area is 112 Å². The van der Waals surface area contributed by atoms with Crippen LogP contribution in [0.15, 0.2) is 54.9 Å². The van der Waals surface area contributed by atoms with Crippen molar-refractivity contribution in [3.8, 4) is 0 Å². The van der Waals surface area contributed by atoms with Crippen LogP contribution in [0.4, 0.5) is 0 Å². The lowest BCUT2D eigenvalue weighted by Gasteiger charge is -2.19. The molecule has 2 rings (SSSR count). The molecule has 1 nitrogen and oxygen atoms in total. The first-order valence-electron chi connectivity index (χ1n) is 6.87. The lowest BCUT2D eigenvalue weighted by Crippen LogP contribution is -2.08. The molecular formula is C16H22NP. The van der Waals surface area contributed by atoms with Crippen molar-refractivity contribution in [1.82, 2.24) is 4.34 Å². The molecule has 1 heterocycles. The number of hydrogen-bond acceptors (Lipinski definition) is 0. The van der Waals surface area contributed by atoms with Crippen LogP contribution in [0.1, 0.15) is 32.6 Å². The molecule has 0 aliphatic rings. The standard InChI is InChI=1S/C16H22NP/c1-2-3-4-10-15-18(17-13-8-9-14-17)16-11-6-5-7-12-16/h5-9,11-14H,2-4,10,15H2,1H3. The van der Waals surface area contributed by atoms with E-state index in [1.807, 2.05) is 0 Å². The van der Waals surface area contributed by atoms with Crippen LogP contribution in [0.25, 0.3) is 0 Å². The van der Waals surface area contributed by atoms with E-state index in [-0.39, 0.29) is 8.07 Å². The first-order valence-corrected chi connectivity index (χ1v) is 8.35. The predicted octanol–water partition coefficient (Wildman–Crippen LogP) is 4.64. The van der Waals surface area contributed by atoms with Gasteiger partial charge in [0, 0.05) is 20.5 Å². The molecule has 0 bridgehead atoms. The maximum absolute atomic E-state index is 2.40. The van der Waals surface area contributed by atoms with Gasteiger partial charge in [-0.1, -0.05) is 56.5 Å². The van der Waals surface area contributed by atoms with E-state index in [9.17, 15) is 0 Å². The fourth-order valence-electron chi connectivity index (χ4n) is 2.15. The van der Waals surface area contributed by atoms with E-state index in [4.69, 9.17) is 0 Å². The Hall–Kier alpha value is -1.07. The van der Waals surface area contributed by atoms with Gasteiger partial charge in [0.05, 0.1) is 0 Å². The molecule has 1 unspecified atom stereocenters. The van der Waals surface area contributed by atoms with Crippen molar-refractivity contribution >= 4 is 13.4 Å². The first kappa shape index (κ1) is 13.4. The second-order valence-corrected chi connectivity index (χ2v) is 6.81. The summed E-state index contributed by atoms with van der Waals surface area (Å²) in [5, 5.41) is 1.49. The summed E-state index contributed by atoms with van der Waals surface area (Å²) in [4.78, 5) is 0. The van der Waals surface area contributed by atoms with Crippen LogP contribution in [0, 0.1) is 0 Å². The Bertz CT molecular complexity index is 422. The summed E-state index contributed by atoms with van der Waals surface area (Å²) in [6, 6.07) is 15.2. The Morgan fingerprint density at radius 3 is 2.28 bits per heavy atom. The van der Waals surface area contributed by atoms with Gasteiger partial charge in [0.2, 0.25) is 0 Å². The highest BCUT2D eigenvalue weighted by Crippen LogP contribution is 2.37. The maximum Gasteiger partial charge on any atom is 0.0268 e. The summed E-state index contributed by atoms with van der Waals surface area (Å²) in [5.41, 5.74) is 0. The third-order valence-electron chi connectivity index (χ3n) is 3.15. The number of rotatable bonds is 7. The summed E-state index contributed by atoms with van der Waals surface area (Å²) < 4.78 is 2.40. The highest BCUT2D eigenvalue weighted by Gasteiger charge is 2.11. The molecule has 0 fully saturated rings. The molecule has 0 saturated carbocycles. The minimum absolute atomic E-state index is 0.214. The highest BCUT2D eigenvalue weighted by atomic mass is 31.1. The van der Waals surface area contributed by atoms with Crippen molar-refractivity contribution in [2.75, 3.05) is 6.16 Å². The molecule has 0 radical (unpaired) electrons. The Kier molecular flexibility index (Phi) is 5.48. The minimum Gasteiger partial charge on any atom is -0.329 e. The zero-order valence-electron chi connectivity index (χ0n) is 11.1. The largest absolute Gasteiger partial charge is 0.329 e. The molecule has 0 saturated heterocycles. The van der Waals surface area contributed by atoms with Crippen LogP contribution in [0.3, 0.4) is 0 Å². The SMILES string of the molecule is CCCCCCP(c1ccccc1)n1cccc1. The van der Waals surface area contributed by atoms with E-state index in [0.29, 0.717) is 0 Å². The average Bonchev–Trinajstić information content (AvgIpc) is 2.94. The van der Waals surface area contributed by atoms with E-state index in [1.54, 1.807) is 0 Å². The molecule has 0 amide bonds. The molecule has 18 heavy (non-hydrogen) atoms. The number of aromatic nitrogens is 1. The van der Waals surface area contributed by atoms with Gasteiger partial charge in [-0.15, -0.1) is 0 Å². The molecule has 0 aliphatic carbocycles. The van der Waals surface area contributed by atoms with Crippen LogP contribution in [0.2, 0.25) is 0 Å². The zero-order valence-corrected chi connectivity index (χ0v) is 12.0. The van der Waals surface area contributed by atoms with Crippen molar-refractivity contribution in [2.45, 2.75) is 32.6 Å². The summed E-state index contributed by atoms with van der Waals surface area (Å²) in [5.74, 6) is 0. The normalized spacial score (nSPS) is 12.5. The third-order valence-corrected chi connectivity index (χ3v) is 5.60. The highest BCUT2D eigenvalue weighted by molar-refractivity contribution is 7.64. The molecule has 1 aromatic carbocycles. The predicted molar refractivity (Wildman–Crippen MR) is 81.8 cm³/mol. The Morgan fingerprint density at radius 1 is 0.889 bits per heavy atom. The molecular weight excluding hydrogens is 237 g/mol. The average molecular weight is 259 g/mol. The second-order valence-electron chi connectivity index (χ2n) is 4.58. The van der Waals surface area contributed by atoms with Gasteiger partial charge in [-0.05, 0) is 30.0 Å². The molecule has 2 aromatic rings. The lowest BCUT2D eigenvalue weighted by atomic mass is 10.2. The molecule has 1 aromatic heterocycles. The van der Waals surface area contributed by atoms with Crippen molar-refractivity contribution in [3.63, 3.8) is 0 Å². The van der Waals surface area contributed by atoms with Crippen molar-refractivity contribution in [1.29, 1.82) is 0 Å². The van der Waals surface area contributed by atoms with E-state index in [2.05, 4.69) is 66.1 Å². The van der Waals surface area contributed by atoms with E-state index in [0.717, 1.165) is 0 Å². The fraction of sp³-hybridized carbons (Fsp3) is 0.375. The number of benzene rings is 1. The number of nitrogens with zero attached hydrogens (tertiary/aromatic N) is 1. The number of unbranched alkanes of at least 4 members (excludes halogenated alkanes) is 3. The van der Waals surface area contributed by atoms with Crippen molar-refractivity contribution < 1.29 is 0 Å². The van der Waals surface area contributed by atoms with Gasteiger partial charge < -0.3 is 4.34 Å². The van der Waals surface area contributed by atoms with Crippen LogP contribution in [0.5, 0.6) is 0 Å². The summed E-state index contributed by atoms with van der Waals surface area (Å²) >= 11 is 0. The van der Waals surface area contributed by atoms with E-state index < -0.39 is 0 Å². The van der Waals surface area contributed by atoms with Crippen molar-refractivity contribution in [3.05, 3.63) is 54.9 Å². The minimum atomic E-state index is -0.214. The van der Waals surface area contributed by atoms with Crippen molar-refractivity contribution in [2.24, 2.45) is 0 Å². The summed E-state index contributed by atoms with van der Waals surface area (Å²) in [6.07, 6.45) is 11.1. The molecule has 0 spiro atoms. The van der Waals surface area contributed by atoms with E-state index >= 15 is 0 Å². The van der Waals surface area contributed by atoms with Gasteiger partial charge in [-0.2, -0.15) is 0 Å². The summed E-state index contributed by atoms with van der Waals surface area (Å²) in [6.45, 7) is 2.27. The van der Waals surface area contributed by atoms with Gasteiger partial charge in [-0.3, -0.25) is 0 Å². The smallest absolute Gasteiger partial charge is 0.0268 e. The van der Waals surface area contributed by atoms with Crippen LogP contribution in [-0.4, -0.2) is 10.5 Å². The number of hydrogen-bond donors (Lipinski definition) is 0. The Morgan fingerprint density at radius 2 is 1.61 bits per heavy atom. The van der Waals surface area contributed by atoms with Crippen LogP contribution >= 0.6 is 8.07 Å². The quantitative estimate of drug-likeness (QED) is 0.504. The molecule has 0 aliphatic heterocycles.